The second-order valence-corrected chi connectivity index (χ2v) is 4.96. The Labute approximate surface area is 94.3 Å². The third kappa shape index (κ3) is 3.46. The largest absolute Gasteiger partial charge is 0.383 e. The van der Waals surface area contributed by atoms with Gasteiger partial charge in [-0.15, -0.1) is 0 Å². The van der Waals surface area contributed by atoms with Gasteiger partial charge in [-0.1, -0.05) is 23.7 Å². The van der Waals surface area contributed by atoms with Gasteiger partial charge < -0.3 is 4.74 Å². The van der Waals surface area contributed by atoms with Crippen LogP contribution in [-0.2, 0) is 14.8 Å². The first-order valence-corrected chi connectivity index (χ1v) is 6.17. The highest BCUT2D eigenvalue weighted by Crippen LogP contribution is 2.19. The zero-order valence-electron chi connectivity index (χ0n) is 8.23. The molecule has 1 aromatic carbocycles. The van der Waals surface area contributed by atoms with E-state index in [4.69, 9.17) is 16.3 Å². The zero-order valence-corrected chi connectivity index (χ0v) is 9.81. The molecule has 0 amide bonds. The van der Waals surface area contributed by atoms with E-state index in [0.29, 0.717) is 6.61 Å². The molecule has 1 rings (SSSR count). The van der Waals surface area contributed by atoms with Crippen LogP contribution < -0.4 is 4.72 Å². The average molecular weight is 250 g/mol. The Morgan fingerprint density at radius 2 is 2.07 bits per heavy atom. The van der Waals surface area contributed by atoms with E-state index in [-0.39, 0.29) is 16.5 Å². The first-order valence-electron chi connectivity index (χ1n) is 4.31. The molecule has 0 spiro atoms. The lowest BCUT2D eigenvalue weighted by Gasteiger charge is -2.07. The summed E-state index contributed by atoms with van der Waals surface area (Å²) >= 11 is 5.77. The van der Waals surface area contributed by atoms with E-state index < -0.39 is 10.0 Å². The summed E-state index contributed by atoms with van der Waals surface area (Å²) in [5, 5.41) is 0.211. The van der Waals surface area contributed by atoms with Crippen LogP contribution in [0.3, 0.4) is 0 Å². The number of halogens is 1. The number of benzene rings is 1. The summed E-state index contributed by atoms with van der Waals surface area (Å²) in [5.41, 5.74) is 0. The van der Waals surface area contributed by atoms with E-state index in [1.807, 2.05) is 0 Å². The number of rotatable bonds is 5. The Morgan fingerprint density at radius 1 is 1.40 bits per heavy atom. The van der Waals surface area contributed by atoms with Crippen LogP contribution in [0, 0.1) is 0 Å². The van der Waals surface area contributed by atoms with E-state index >= 15 is 0 Å². The third-order valence-corrected chi connectivity index (χ3v) is 3.69. The van der Waals surface area contributed by atoms with Crippen molar-refractivity contribution in [3.05, 3.63) is 29.3 Å². The molecular formula is C9H12ClNO3S. The minimum Gasteiger partial charge on any atom is -0.383 e. The molecule has 0 saturated carbocycles. The molecule has 0 aliphatic rings. The number of ether oxygens (including phenoxy) is 1. The van der Waals surface area contributed by atoms with Crippen molar-refractivity contribution in [2.24, 2.45) is 0 Å². The molecular weight excluding hydrogens is 238 g/mol. The lowest BCUT2D eigenvalue weighted by atomic mass is 10.4. The van der Waals surface area contributed by atoms with Crippen molar-refractivity contribution < 1.29 is 13.2 Å². The molecule has 84 valence electrons. The topological polar surface area (TPSA) is 55.4 Å². The van der Waals surface area contributed by atoms with E-state index in [2.05, 4.69) is 4.72 Å². The fraction of sp³-hybridized carbons (Fsp3) is 0.333. The fourth-order valence-corrected chi connectivity index (χ4v) is 2.55. The van der Waals surface area contributed by atoms with E-state index in [1.54, 1.807) is 12.1 Å². The van der Waals surface area contributed by atoms with Crippen LogP contribution in [0.2, 0.25) is 5.02 Å². The average Bonchev–Trinajstić information content (AvgIpc) is 2.18. The maximum absolute atomic E-state index is 11.7. The zero-order chi connectivity index (χ0) is 11.3. The van der Waals surface area contributed by atoms with E-state index in [9.17, 15) is 8.42 Å². The summed E-state index contributed by atoms with van der Waals surface area (Å²) in [4.78, 5) is 0.0859. The summed E-state index contributed by atoms with van der Waals surface area (Å²) in [6.45, 7) is 0.549. The van der Waals surface area contributed by atoms with Gasteiger partial charge in [-0.2, -0.15) is 0 Å². The number of methoxy groups -OCH3 is 1. The predicted molar refractivity (Wildman–Crippen MR) is 58.5 cm³/mol. The van der Waals surface area contributed by atoms with Crippen LogP contribution >= 0.6 is 11.6 Å². The molecule has 1 N–H and O–H groups in total. The highest BCUT2D eigenvalue weighted by molar-refractivity contribution is 7.89. The van der Waals surface area contributed by atoms with Crippen LogP contribution in [0.4, 0.5) is 0 Å². The minimum absolute atomic E-state index is 0.0859. The van der Waals surface area contributed by atoms with Gasteiger partial charge in [0.15, 0.2) is 0 Å². The second-order valence-electron chi connectivity index (χ2n) is 2.82. The van der Waals surface area contributed by atoms with Crippen LogP contribution in [0.5, 0.6) is 0 Å². The summed E-state index contributed by atoms with van der Waals surface area (Å²) < 4.78 is 30.5. The highest BCUT2D eigenvalue weighted by Gasteiger charge is 2.15. The minimum atomic E-state index is -3.53. The van der Waals surface area contributed by atoms with Crippen molar-refractivity contribution >= 4 is 21.6 Å². The smallest absolute Gasteiger partial charge is 0.242 e. The van der Waals surface area contributed by atoms with Gasteiger partial charge in [0.1, 0.15) is 4.90 Å². The van der Waals surface area contributed by atoms with Gasteiger partial charge >= 0.3 is 0 Å². The molecule has 0 atom stereocenters. The Morgan fingerprint density at radius 3 is 2.67 bits per heavy atom. The molecule has 0 aromatic heterocycles. The Hall–Kier alpha value is -0.620. The lowest BCUT2D eigenvalue weighted by Crippen LogP contribution is -2.27. The molecule has 15 heavy (non-hydrogen) atoms. The van der Waals surface area contributed by atoms with Gasteiger partial charge in [0.05, 0.1) is 11.6 Å². The Kier molecular flexibility index (Phi) is 4.53. The number of hydrogen-bond acceptors (Lipinski definition) is 3. The normalized spacial score (nSPS) is 11.6. The molecule has 0 radical (unpaired) electrons. The predicted octanol–water partition coefficient (Wildman–Crippen LogP) is 1.26. The van der Waals surface area contributed by atoms with Crippen LogP contribution in [0.15, 0.2) is 29.2 Å². The molecule has 0 bridgehead atoms. The third-order valence-electron chi connectivity index (χ3n) is 1.72. The summed E-state index contributed by atoms with van der Waals surface area (Å²) in [6, 6.07) is 6.29. The molecule has 1 aromatic rings. The molecule has 0 fully saturated rings. The maximum atomic E-state index is 11.7. The number of sulfonamides is 1. The lowest BCUT2D eigenvalue weighted by molar-refractivity contribution is 0.204. The Balaban J connectivity index is 2.83. The Bertz CT molecular complexity index is 419. The second kappa shape index (κ2) is 5.46. The van der Waals surface area contributed by atoms with Gasteiger partial charge in [-0.3, -0.25) is 0 Å². The standard InChI is InChI=1S/C9H12ClNO3S/c1-14-7-6-11-15(12,13)9-5-3-2-4-8(9)10/h2-5,11H,6-7H2,1H3. The molecule has 4 nitrogen and oxygen atoms in total. The molecule has 0 saturated heterocycles. The monoisotopic (exact) mass is 249 g/mol. The van der Waals surface area contributed by atoms with Crippen molar-refractivity contribution in [3.63, 3.8) is 0 Å². The highest BCUT2D eigenvalue weighted by atomic mass is 35.5. The van der Waals surface area contributed by atoms with Crippen molar-refractivity contribution in [1.29, 1.82) is 0 Å². The van der Waals surface area contributed by atoms with Gasteiger partial charge in [-0.05, 0) is 12.1 Å². The maximum Gasteiger partial charge on any atom is 0.242 e. The first-order chi connectivity index (χ1) is 7.08. The van der Waals surface area contributed by atoms with Crippen LogP contribution in [0.25, 0.3) is 0 Å². The molecule has 6 heteroatoms. The summed E-state index contributed by atoms with van der Waals surface area (Å²) in [6.07, 6.45) is 0. The number of hydrogen-bond donors (Lipinski definition) is 1. The van der Waals surface area contributed by atoms with Crippen molar-refractivity contribution in [2.75, 3.05) is 20.3 Å². The summed E-state index contributed by atoms with van der Waals surface area (Å²) in [5.74, 6) is 0. The summed E-state index contributed by atoms with van der Waals surface area (Å²) in [7, 11) is -2.02. The molecule has 0 aliphatic carbocycles. The molecule has 0 unspecified atom stereocenters. The van der Waals surface area contributed by atoms with Crippen LogP contribution in [-0.4, -0.2) is 28.7 Å². The van der Waals surface area contributed by atoms with Crippen molar-refractivity contribution in [2.45, 2.75) is 4.90 Å². The first kappa shape index (κ1) is 12.4. The van der Waals surface area contributed by atoms with Gasteiger partial charge in [0.2, 0.25) is 10.0 Å². The molecule has 0 aliphatic heterocycles. The van der Waals surface area contributed by atoms with E-state index in [0.717, 1.165) is 0 Å². The van der Waals surface area contributed by atoms with Gasteiger partial charge in [0, 0.05) is 13.7 Å². The van der Waals surface area contributed by atoms with Crippen LogP contribution in [0.1, 0.15) is 0 Å². The van der Waals surface area contributed by atoms with Crippen molar-refractivity contribution in [1.82, 2.24) is 4.72 Å². The fourth-order valence-electron chi connectivity index (χ4n) is 1.02. The van der Waals surface area contributed by atoms with Gasteiger partial charge in [0.25, 0.3) is 0 Å². The van der Waals surface area contributed by atoms with Gasteiger partial charge in [-0.25, -0.2) is 13.1 Å². The SMILES string of the molecule is COCCNS(=O)(=O)c1ccccc1Cl. The van der Waals surface area contributed by atoms with Crippen molar-refractivity contribution in [3.8, 4) is 0 Å². The molecule has 0 heterocycles. The number of nitrogens with one attached hydrogen (secondary N) is 1. The van der Waals surface area contributed by atoms with E-state index in [1.165, 1.54) is 19.2 Å². The quantitative estimate of drug-likeness (QED) is 0.800.